The summed E-state index contributed by atoms with van der Waals surface area (Å²) in [6.45, 7) is -0.606. The van der Waals surface area contributed by atoms with E-state index in [1.54, 1.807) is 48.5 Å². The van der Waals surface area contributed by atoms with Crippen LogP contribution in [0.25, 0.3) is 0 Å². The number of rotatable bonds is 6. The van der Waals surface area contributed by atoms with Crippen LogP contribution in [0, 0.1) is 22.7 Å². The second kappa shape index (κ2) is 9.30. The Hall–Kier alpha value is -4.04. The fourth-order valence-electron chi connectivity index (χ4n) is 1.76. The Balaban J connectivity index is 1.66. The highest BCUT2D eigenvalue weighted by molar-refractivity contribution is 5.83. The molecule has 2 N–H and O–H groups in total. The lowest BCUT2D eigenvalue weighted by molar-refractivity contribution is -0.131. The van der Waals surface area contributed by atoms with Crippen LogP contribution in [0.15, 0.2) is 48.5 Å². The Morgan fingerprint density at radius 2 is 1.08 bits per heavy atom. The van der Waals surface area contributed by atoms with Gasteiger partial charge in [-0.3, -0.25) is 20.4 Å². The zero-order chi connectivity index (χ0) is 18.8. The van der Waals surface area contributed by atoms with Gasteiger partial charge in [-0.15, -0.1) is 0 Å². The fraction of sp³-hybridized carbons (Fsp3) is 0.111. The molecule has 8 heteroatoms. The molecular formula is C18H14N4O4. The molecule has 0 aromatic heterocycles. The number of carbonyl (C=O) groups is 2. The molecule has 0 aliphatic rings. The number of nitrogens with zero attached hydrogens (tertiary/aromatic N) is 2. The summed E-state index contributed by atoms with van der Waals surface area (Å²) in [4.78, 5) is 23.2. The number of ether oxygens (including phenoxy) is 2. The van der Waals surface area contributed by atoms with Crippen LogP contribution in [-0.2, 0) is 9.59 Å². The van der Waals surface area contributed by atoms with Crippen LogP contribution in [0.1, 0.15) is 11.1 Å². The molecule has 0 fully saturated rings. The van der Waals surface area contributed by atoms with Crippen LogP contribution >= 0.6 is 0 Å². The first kappa shape index (κ1) is 18.3. The lowest BCUT2D eigenvalue weighted by Crippen LogP contribution is -2.45. The molecule has 2 amide bonds. The van der Waals surface area contributed by atoms with Crippen molar-refractivity contribution in [3.63, 3.8) is 0 Å². The lowest BCUT2D eigenvalue weighted by atomic mass is 10.2. The summed E-state index contributed by atoms with van der Waals surface area (Å²) in [5, 5.41) is 17.4. The quantitative estimate of drug-likeness (QED) is 0.750. The van der Waals surface area contributed by atoms with Crippen molar-refractivity contribution in [2.24, 2.45) is 0 Å². The van der Waals surface area contributed by atoms with Gasteiger partial charge in [0.25, 0.3) is 11.8 Å². The van der Waals surface area contributed by atoms with E-state index in [-0.39, 0.29) is 13.2 Å². The first-order chi connectivity index (χ1) is 12.6. The van der Waals surface area contributed by atoms with Crippen LogP contribution in [-0.4, -0.2) is 25.0 Å². The third-order valence-electron chi connectivity index (χ3n) is 3.05. The molecule has 0 bridgehead atoms. The minimum atomic E-state index is -0.555. The van der Waals surface area contributed by atoms with Crippen molar-refractivity contribution in [3.8, 4) is 23.6 Å². The molecule has 0 radical (unpaired) electrons. The van der Waals surface area contributed by atoms with Gasteiger partial charge in [0.15, 0.2) is 13.2 Å². The molecule has 0 unspecified atom stereocenters. The van der Waals surface area contributed by atoms with Gasteiger partial charge < -0.3 is 9.47 Å². The highest BCUT2D eigenvalue weighted by Gasteiger charge is 2.07. The lowest BCUT2D eigenvalue weighted by Gasteiger charge is -2.09. The molecule has 8 nitrogen and oxygen atoms in total. The normalized spacial score (nSPS) is 9.31. The highest BCUT2D eigenvalue weighted by Crippen LogP contribution is 2.11. The Labute approximate surface area is 149 Å². The van der Waals surface area contributed by atoms with Gasteiger partial charge in [0.2, 0.25) is 0 Å². The summed E-state index contributed by atoms with van der Waals surface area (Å²) in [5.74, 6) is -0.258. The topological polar surface area (TPSA) is 124 Å². The maximum Gasteiger partial charge on any atom is 0.276 e. The minimum absolute atomic E-state index is 0.303. The molecule has 2 aromatic carbocycles. The molecule has 0 aliphatic carbocycles. The molecule has 0 saturated carbocycles. The summed E-state index contributed by atoms with van der Waals surface area (Å²) < 4.78 is 10.4. The van der Waals surface area contributed by atoms with Crippen molar-refractivity contribution in [1.29, 1.82) is 10.5 Å². The number of benzene rings is 2. The number of hydrogen-bond acceptors (Lipinski definition) is 6. The maximum atomic E-state index is 11.6. The van der Waals surface area contributed by atoms with Crippen molar-refractivity contribution < 1.29 is 19.1 Å². The third kappa shape index (κ3) is 5.87. The van der Waals surface area contributed by atoms with E-state index in [0.717, 1.165) is 0 Å². The van der Waals surface area contributed by atoms with Gasteiger partial charge in [-0.2, -0.15) is 10.5 Å². The third-order valence-corrected chi connectivity index (χ3v) is 3.05. The Bertz CT molecular complexity index is 775. The molecular weight excluding hydrogens is 336 g/mol. The number of carbonyl (C=O) groups excluding carboxylic acids is 2. The van der Waals surface area contributed by atoms with E-state index in [9.17, 15) is 9.59 Å². The zero-order valence-corrected chi connectivity index (χ0v) is 13.6. The van der Waals surface area contributed by atoms with E-state index in [0.29, 0.717) is 22.6 Å². The number of amides is 2. The molecule has 0 aliphatic heterocycles. The van der Waals surface area contributed by atoms with E-state index in [1.165, 1.54) is 0 Å². The van der Waals surface area contributed by atoms with Gasteiger partial charge in [-0.1, -0.05) is 0 Å². The molecule has 2 aromatic rings. The van der Waals surface area contributed by atoms with Crippen molar-refractivity contribution in [1.82, 2.24) is 10.9 Å². The van der Waals surface area contributed by atoms with E-state index in [1.807, 2.05) is 12.1 Å². The maximum absolute atomic E-state index is 11.6. The zero-order valence-electron chi connectivity index (χ0n) is 13.6. The molecule has 2 rings (SSSR count). The first-order valence-corrected chi connectivity index (χ1v) is 7.44. The van der Waals surface area contributed by atoms with Crippen LogP contribution in [0.5, 0.6) is 11.5 Å². The Morgan fingerprint density at radius 1 is 0.731 bits per heavy atom. The molecule has 130 valence electrons. The summed E-state index contributed by atoms with van der Waals surface area (Å²) in [5.41, 5.74) is 5.35. The predicted molar refractivity (Wildman–Crippen MR) is 89.6 cm³/mol. The second-order valence-electron chi connectivity index (χ2n) is 4.95. The Kier molecular flexibility index (Phi) is 6.55. The average molecular weight is 350 g/mol. The second-order valence-corrected chi connectivity index (χ2v) is 4.95. The van der Waals surface area contributed by atoms with Crippen molar-refractivity contribution in [3.05, 3.63) is 59.7 Å². The largest absolute Gasteiger partial charge is 0.484 e. The van der Waals surface area contributed by atoms with Gasteiger partial charge in [0.1, 0.15) is 11.5 Å². The van der Waals surface area contributed by atoms with Gasteiger partial charge in [-0.05, 0) is 48.5 Å². The monoisotopic (exact) mass is 350 g/mol. The minimum Gasteiger partial charge on any atom is -0.484 e. The van der Waals surface area contributed by atoms with Crippen molar-refractivity contribution >= 4 is 11.8 Å². The van der Waals surface area contributed by atoms with E-state index in [2.05, 4.69) is 10.9 Å². The SMILES string of the molecule is N#Cc1ccc(OCC(=O)NNC(=O)COc2ccc(C#N)cc2)cc1. The molecule has 0 saturated heterocycles. The first-order valence-electron chi connectivity index (χ1n) is 7.44. The molecule has 0 heterocycles. The number of hydrazine groups is 1. The molecule has 0 spiro atoms. The van der Waals surface area contributed by atoms with E-state index in [4.69, 9.17) is 20.0 Å². The van der Waals surface area contributed by atoms with E-state index >= 15 is 0 Å². The average Bonchev–Trinajstić information content (AvgIpc) is 2.69. The summed E-state index contributed by atoms with van der Waals surface area (Å²) >= 11 is 0. The van der Waals surface area contributed by atoms with Crippen LogP contribution in [0.4, 0.5) is 0 Å². The van der Waals surface area contributed by atoms with Crippen LogP contribution in [0.3, 0.4) is 0 Å². The van der Waals surface area contributed by atoms with Crippen LogP contribution in [0.2, 0.25) is 0 Å². The Morgan fingerprint density at radius 3 is 1.38 bits per heavy atom. The van der Waals surface area contributed by atoms with Gasteiger partial charge >= 0.3 is 0 Å². The van der Waals surface area contributed by atoms with E-state index < -0.39 is 11.8 Å². The predicted octanol–water partition coefficient (Wildman–Crippen LogP) is 1.04. The number of hydrogen-bond donors (Lipinski definition) is 2. The van der Waals surface area contributed by atoms with Crippen molar-refractivity contribution in [2.45, 2.75) is 0 Å². The fourth-order valence-corrected chi connectivity index (χ4v) is 1.76. The summed E-state index contributed by atoms with van der Waals surface area (Å²) in [6.07, 6.45) is 0. The number of nitrogens with one attached hydrogen (secondary N) is 2. The smallest absolute Gasteiger partial charge is 0.276 e. The number of nitriles is 2. The highest BCUT2D eigenvalue weighted by atomic mass is 16.5. The standard InChI is InChI=1S/C18H14N4O4/c19-9-13-1-5-15(6-2-13)25-11-17(23)21-22-18(24)12-26-16-7-3-14(10-20)4-8-16/h1-8H,11-12H2,(H,21,23)(H,22,24). The summed E-state index contributed by atoms with van der Waals surface area (Å²) in [7, 11) is 0. The molecule has 26 heavy (non-hydrogen) atoms. The van der Waals surface area contributed by atoms with Crippen molar-refractivity contribution in [2.75, 3.05) is 13.2 Å². The summed E-state index contributed by atoms with van der Waals surface area (Å²) in [6, 6.07) is 16.5. The van der Waals surface area contributed by atoms with Gasteiger partial charge in [0.05, 0.1) is 23.3 Å². The molecule has 0 atom stereocenters. The van der Waals surface area contributed by atoms with Crippen LogP contribution < -0.4 is 20.3 Å². The van der Waals surface area contributed by atoms with Gasteiger partial charge in [-0.25, -0.2) is 0 Å². The van der Waals surface area contributed by atoms with Gasteiger partial charge in [0, 0.05) is 0 Å².